The first-order valence-electron chi connectivity index (χ1n) is 20.1. The average Bonchev–Trinajstić information content (AvgIpc) is 3.16. The molecule has 300 valence electrons. The number of hydrogen-bond acceptors (Lipinski definition) is 10. The highest BCUT2D eigenvalue weighted by atomic mass is 19.1. The van der Waals surface area contributed by atoms with E-state index in [1.807, 2.05) is 76.2 Å². The lowest BCUT2D eigenvalue weighted by atomic mass is 9.87. The van der Waals surface area contributed by atoms with Gasteiger partial charge < -0.3 is 18.9 Å². The molecule has 4 aliphatic heterocycles. The fourth-order valence-corrected chi connectivity index (χ4v) is 8.70. The summed E-state index contributed by atoms with van der Waals surface area (Å²) < 4.78 is 53.9. The van der Waals surface area contributed by atoms with Gasteiger partial charge in [-0.2, -0.15) is 0 Å². The molecule has 12 heteroatoms. The largest absolute Gasteiger partial charge is 0.484 e. The van der Waals surface area contributed by atoms with Crippen LogP contribution in [0.15, 0.2) is 48.5 Å². The molecule has 4 aliphatic rings. The summed E-state index contributed by atoms with van der Waals surface area (Å²) in [6.07, 6.45) is 3.71. The SMILES string of the molecule is Cc1cc(CC2(F)CCCN([C@@H](C)c3ccc4c(n3)OCCO4)C2)cc(C)n1.Cc1cc(CC2(F)CCCN([C@H](C)c3ccc4c(n3)OCCO4)C2)cc(C)n1. The van der Waals surface area contributed by atoms with Crippen molar-refractivity contribution in [2.75, 3.05) is 52.6 Å². The van der Waals surface area contributed by atoms with E-state index in [0.29, 0.717) is 88.5 Å². The van der Waals surface area contributed by atoms with Gasteiger partial charge in [0.1, 0.15) is 37.8 Å². The Kier molecular flexibility index (Phi) is 12.1. The average molecular weight is 771 g/mol. The lowest BCUT2D eigenvalue weighted by Gasteiger charge is -2.40. The fraction of sp³-hybridized carbons (Fsp3) is 0.545. The maximum absolute atomic E-state index is 15.8. The van der Waals surface area contributed by atoms with Gasteiger partial charge in [-0.1, -0.05) is 0 Å². The molecule has 0 N–H and O–H groups in total. The van der Waals surface area contributed by atoms with Crippen LogP contribution in [0.4, 0.5) is 8.78 Å². The van der Waals surface area contributed by atoms with Crippen molar-refractivity contribution in [2.24, 2.45) is 0 Å². The molecule has 0 saturated carbocycles. The monoisotopic (exact) mass is 770 g/mol. The first-order chi connectivity index (χ1) is 26.8. The molecule has 2 saturated heterocycles. The Balaban J connectivity index is 0.000000172. The topological polar surface area (TPSA) is 95.0 Å². The minimum absolute atomic E-state index is 0.0205. The Bertz CT molecular complexity index is 1820. The van der Waals surface area contributed by atoms with Crippen molar-refractivity contribution < 1.29 is 27.7 Å². The highest BCUT2D eigenvalue weighted by Gasteiger charge is 2.39. The number of ether oxygens (including phenoxy) is 4. The number of rotatable bonds is 8. The fourth-order valence-electron chi connectivity index (χ4n) is 8.70. The number of likely N-dealkylation sites (tertiary alicyclic amines) is 2. The molecule has 2 fully saturated rings. The molecule has 4 aromatic heterocycles. The lowest BCUT2D eigenvalue weighted by molar-refractivity contribution is 0.0244. The van der Waals surface area contributed by atoms with Gasteiger partial charge in [0.15, 0.2) is 11.5 Å². The van der Waals surface area contributed by atoms with Crippen molar-refractivity contribution in [3.8, 4) is 23.3 Å². The van der Waals surface area contributed by atoms with E-state index < -0.39 is 11.3 Å². The van der Waals surface area contributed by atoms with Crippen LogP contribution < -0.4 is 18.9 Å². The first-order valence-corrected chi connectivity index (χ1v) is 20.1. The zero-order chi connectivity index (χ0) is 39.5. The Hall–Kier alpha value is -4.42. The van der Waals surface area contributed by atoms with Crippen LogP contribution in [0, 0.1) is 27.7 Å². The summed E-state index contributed by atoms with van der Waals surface area (Å²) in [4.78, 5) is 22.5. The van der Waals surface area contributed by atoms with Crippen LogP contribution in [0.25, 0.3) is 0 Å². The molecule has 4 aromatic rings. The second-order valence-electron chi connectivity index (χ2n) is 16.1. The second kappa shape index (κ2) is 17.0. The van der Waals surface area contributed by atoms with E-state index in [-0.39, 0.29) is 12.1 Å². The van der Waals surface area contributed by atoms with Crippen molar-refractivity contribution in [3.05, 3.63) is 93.8 Å². The summed E-state index contributed by atoms with van der Waals surface area (Å²) in [5.74, 6) is 2.46. The van der Waals surface area contributed by atoms with Crippen LogP contribution in [0.5, 0.6) is 23.3 Å². The quantitative estimate of drug-likeness (QED) is 0.176. The highest BCUT2D eigenvalue weighted by Crippen LogP contribution is 2.37. The van der Waals surface area contributed by atoms with Crippen LogP contribution in [-0.4, -0.2) is 93.7 Å². The minimum Gasteiger partial charge on any atom is -0.484 e. The van der Waals surface area contributed by atoms with Gasteiger partial charge in [0, 0.05) is 60.8 Å². The third-order valence-electron chi connectivity index (χ3n) is 11.2. The van der Waals surface area contributed by atoms with Crippen molar-refractivity contribution in [1.82, 2.24) is 29.7 Å². The third-order valence-corrected chi connectivity index (χ3v) is 11.2. The Labute approximate surface area is 330 Å². The molecule has 0 aromatic carbocycles. The predicted molar refractivity (Wildman–Crippen MR) is 211 cm³/mol. The molecule has 8 heterocycles. The number of halogens is 2. The van der Waals surface area contributed by atoms with Gasteiger partial charge in [0.25, 0.3) is 11.8 Å². The molecule has 56 heavy (non-hydrogen) atoms. The molecular weight excluding hydrogens is 715 g/mol. The Morgan fingerprint density at radius 1 is 0.571 bits per heavy atom. The lowest BCUT2D eigenvalue weighted by Crippen LogP contribution is -2.47. The normalized spacial score (nSPS) is 23.4. The van der Waals surface area contributed by atoms with E-state index in [4.69, 9.17) is 18.9 Å². The maximum Gasteiger partial charge on any atom is 0.257 e. The third kappa shape index (κ3) is 9.74. The van der Waals surface area contributed by atoms with Crippen molar-refractivity contribution in [2.45, 2.75) is 103 Å². The molecule has 10 nitrogen and oxygen atoms in total. The summed E-state index contributed by atoms with van der Waals surface area (Å²) in [5.41, 5.74) is 5.15. The maximum atomic E-state index is 15.8. The summed E-state index contributed by atoms with van der Waals surface area (Å²) >= 11 is 0. The second-order valence-corrected chi connectivity index (χ2v) is 16.1. The van der Waals surface area contributed by atoms with Crippen LogP contribution in [0.2, 0.25) is 0 Å². The molecule has 0 spiro atoms. The van der Waals surface area contributed by atoms with Gasteiger partial charge in [-0.05, 0) is 140 Å². The van der Waals surface area contributed by atoms with Crippen molar-refractivity contribution in [3.63, 3.8) is 0 Å². The van der Waals surface area contributed by atoms with Crippen LogP contribution >= 0.6 is 0 Å². The molecule has 0 bridgehead atoms. The number of nitrogens with zero attached hydrogens (tertiary/aromatic N) is 6. The summed E-state index contributed by atoms with van der Waals surface area (Å²) in [6, 6.07) is 15.8. The van der Waals surface area contributed by atoms with E-state index in [2.05, 4.69) is 43.6 Å². The molecule has 0 radical (unpaired) electrons. The number of hydrogen-bond donors (Lipinski definition) is 0. The van der Waals surface area contributed by atoms with E-state index in [1.54, 1.807) is 0 Å². The molecule has 8 rings (SSSR count). The first kappa shape index (κ1) is 39.8. The van der Waals surface area contributed by atoms with E-state index in [9.17, 15) is 0 Å². The molecular formula is C44H56F2N6O4. The summed E-state index contributed by atoms with van der Waals surface area (Å²) in [7, 11) is 0. The number of pyridine rings is 4. The predicted octanol–water partition coefficient (Wildman–Crippen LogP) is 7.94. The number of piperidine rings is 2. The molecule has 0 amide bonds. The van der Waals surface area contributed by atoms with Crippen molar-refractivity contribution >= 4 is 0 Å². The zero-order valence-electron chi connectivity index (χ0n) is 33.7. The summed E-state index contributed by atoms with van der Waals surface area (Å²) in [5, 5.41) is 0. The van der Waals surface area contributed by atoms with Crippen molar-refractivity contribution in [1.29, 1.82) is 0 Å². The van der Waals surface area contributed by atoms with Gasteiger partial charge in [-0.25, -0.2) is 18.7 Å². The minimum atomic E-state index is -1.24. The van der Waals surface area contributed by atoms with Crippen LogP contribution in [0.3, 0.4) is 0 Å². The van der Waals surface area contributed by atoms with Crippen LogP contribution in [-0.2, 0) is 12.8 Å². The number of fused-ring (bicyclic) bond motifs is 2. The van der Waals surface area contributed by atoms with E-state index in [0.717, 1.165) is 71.2 Å². The Morgan fingerprint density at radius 2 is 0.946 bits per heavy atom. The molecule has 2 unspecified atom stereocenters. The number of aryl methyl sites for hydroxylation is 4. The van der Waals surface area contributed by atoms with Crippen LogP contribution in [0.1, 0.15) is 96.9 Å². The van der Waals surface area contributed by atoms with E-state index in [1.165, 1.54) is 0 Å². The number of alkyl halides is 2. The van der Waals surface area contributed by atoms with Gasteiger partial charge in [0.2, 0.25) is 0 Å². The highest BCUT2D eigenvalue weighted by molar-refractivity contribution is 5.37. The molecule has 0 aliphatic carbocycles. The Morgan fingerprint density at radius 3 is 1.34 bits per heavy atom. The zero-order valence-corrected chi connectivity index (χ0v) is 33.7. The van der Waals surface area contributed by atoms with E-state index >= 15 is 8.78 Å². The van der Waals surface area contributed by atoms with Gasteiger partial charge in [-0.3, -0.25) is 19.8 Å². The number of aromatic nitrogens is 4. The van der Waals surface area contributed by atoms with Gasteiger partial charge in [0.05, 0.1) is 11.4 Å². The van der Waals surface area contributed by atoms with Gasteiger partial charge in [-0.15, -0.1) is 0 Å². The van der Waals surface area contributed by atoms with Gasteiger partial charge >= 0.3 is 0 Å². The smallest absolute Gasteiger partial charge is 0.257 e. The standard InChI is InChI=1S/2C22H28FN3O2/c2*1-15-11-18(12-16(2)24-15)13-22(23)7-4-8-26(14-22)17(3)19-5-6-20-21(25-19)28-10-9-27-20/h2*5-6,11-12,17H,4,7-10,13-14H2,1-3H3/t2*17-,22?/m10/s1. The summed E-state index contributed by atoms with van der Waals surface area (Å²) in [6.45, 7) is 16.7. The molecule has 4 atom stereocenters.